The fourth-order valence-electron chi connectivity index (χ4n) is 1.80. The highest BCUT2D eigenvalue weighted by Gasteiger charge is 2.17. The lowest BCUT2D eigenvalue weighted by atomic mass is 10.2. The first-order valence-corrected chi connectivity index (χ1v) is 10.1. The number of primary sulfonamides is 1. The van der Waals surface area contributed by atoms with Crippen molar-refractivity contribution in [3.8, 4) is 5.75 Å². The van der Waals surface area contributed by atoms with Crippen LogP contribution in [0.4, 0.5) is 0 Å². The van der Waals surface area contributed by atoms with Crippen LogP contribution >= 0.6 is 11.8 Å². The molecule has 0 saturated carbocycles. The number of rotatable bonds is 10. The Morgan fingerprint density at radius 3 is 2.44 bits per heavy atom. The second-order valence-corrected chi connectivity index (χ2v) is 8.10. The van der Waals surface area contributed by atoms with Crippen LogP contribution in [0.3, 0.4) is 0 Å². The van der Waals surface area contributed by atoms with Crippen molar-refractivity contribution in [3.63, 3.8) is 0 Å². The summed E-state index contributed by atoms with van der Waals surface area (Å²) in [5.41, 5.74) is 0. The van der Waals surface area contributed by atoms with Crippen LogP contribution in [0.5, 0.6) is 5.75 Å². The van der Waals surface area contributed by atoms with Crippen LogP contribution in [0.2, 0.25) is 0 Å². The number of amides is 1. The van der Waals surface area contributed by atoms with E-state index in [-0.39, 0.29) is 23.1 Å². The third-order valence-electron chi connectivity index (χ3n) is 3.27. The van der Waals surface area contributed by atoms with E-state index in [2.05, 4.69) is 0 Å². The molecule has 1 aromatic rings. The van der Waals surface area contributed by atoms with Gasteiger partial charge in [0, 0.05) is 19.3 Å². The molecular formula is C15H22N2O6S2. The molecule has 0 aliphatic heterocycles. The van der Waals surface area contributed by atoms with Crippen molar-refractivity contribution in [2.45, 2.75) is 11.8 Å². The van der Waals surface area contributed by atoms with Gasteiger partial charge in [0.2, 0.25) is 15.9 Å². The number of carbonyl (C=O) groups excluding carboxylic acids is 1. The molecule has 0 bridgehead atoms. The molecule has 10 heteroatoms. The van der Waals surface area contributed by atoms with Crippen LogP contribution in [0.15, 0.2) is 29.2 Å². The predicted molar refractivity (Wildman–Crippen MR) is 95.1 cm³/mol. The van der Waals surface area contributed by atoms with E-state index in [1.54, 1.807) is 14.0 Å². The number of nitrogens with zero attached hydrogens (tertiary/aromatic N) is 1. The number of carboxylic acid groups (broad SMARTS) is 1. The van der Waals surface area contributed by atoms with E-state index >= 15 is 0 Å². The molecule has 1 unspecified atom stereocenters. The first kappa shape index (κ1) is 21.3. The Morgan fingerprint density at radius 2 is 1.92 bits per heavy atom. The molecular weight excluding hydrogens is 368 g/mol. The van der Waals surface area contributed by atoms with Crippen LogP contribution in [0.25, 0.3) is 0 Å². The van der Waals surface area contributed by atoms with Crippen molar-refractivity contribution < 1.29 is 27.9 Å². The van der Waals surface area contributed by atoms with Crippen molar-refractivity contribution >= 4 is 33.7 Å². The van der Waals surface area contributed by atoms with Gasteiger partial charge in [-0.25, -0.2) is 13.6 Å². The average Bonchev–Trinajstić information content (AvgIpc) is 2.53. The van der Waals surface area contributed by atoms with Crippen molar-refractivity contribution in [2.24, 2.45) is 11.1 Å². The minimum absolute atomic E-state index is 0.0125. The summed E-state index contributed by atoms with van der Waals surface area (Å²) in [5.74, 6) is -0.388. The number of aliphatic carboxylic acids is 1. The topological polar surface area (TPSA) is 127 Å². The number of hydrogen-bond donors (Lipinski definition) is 2. The zero-order valence-electron chi connectivity index (χ0n) is 14.0. The van der Waals surface area contributed by atoms with Crippen molar-refractivity contribution in [3.05, 3.63) is 24.3 Å². The molecule has 140 valence electrons. The molecule has 3 N–H and O–H groups in total. The maximum atomic E-state index is 11.9. The fourth-order valence-corrected chi connectivity index (χ4v) is 3.06. The first-order valence-electron chi connectivity index (χ1n) is 7.41. The third kappa shape index (κ3) is 7.76. The lowest BCUT2D eigenvalue weighted by Crippen LogP contribution is -2.34. The average molecular weight is 390 g/mol. The van der Waals surface area contributed by atoms with Gasteiger partial charge in [0.1, 0.15) is 5.75 Å². The Kier molecular flexibility index (Phi) is 8.20. The van der Waals surface area contributed by atoms with Crippen LogP contribution in [0.1, 0.15) is 6.92 Å². The van der Waals surface area contributed by atoms with Gasteiger partial charge in [-0.2, -0.15) is 0 Å². The Hall–Kier alpha value is -1.78. The second-order valence-electron chi connectivity index (χ2n) is 5.43. The van der Waals surface area contributed by atoms with Crippen LogP contribution in [-0.4, -0.2) is 62.0 Å². The summed E-state index contributed by atoms with van der Waals surface area (Å²) in [5, 5.41) is 13.8. The molecule has 8 nitrogen and oxygen atoms in total. The number of carboxylic acids is 1. The predicted octanol–water partition coefficient (Wildman–Crippen LogP) is 0.625. The van der Waals surface area contributed by atoms with Crippen LogP contribution < -0.4 is 9.88 Å². The van der Waals surface area contributed by atoms with E-state index in [9.17, 15) is 18.0 Å². The van der Waals surface area contributed by atoms with Gasteiger partial charge < -0.3 is 14.7 Å². The first-order chi connectivity index (χ1) is 11.6. The number of ether oxygens (including phenoxy) is 1. The number of benzene rings is 1. The number of nitrogens with two attached hydrogens (primary N) is 1. The summed E-state index contributed by atoms with van der Waals surface area (Å²) in [6.07, 6.45) is 0. The summed E-state index contributed by atoms with van der Waals surface area (Å²) >= 11 is 1.37. The monoisotopic (exact) mass is 390 g/mol. The lowest BCUT2D eigenvalue weighted by Gasteiger charge is -2.19. The van der Waals surface area contributed by atoms with Gasteiger partial charge in [0.15, 0.2) is 0 Å². The fraction of sp³-hybridized carbons (Fsp3) is 0.467. The molecule has 1 amide bonds. The Balaban J connectivity index is 2.27. The normalized spacial score (nSPS) is 12.4. The largest absolute Gasteiger partial charge is 0.493 e. The molecule has 0 saturated heterocycles. The highest BCUT2D eigenvalue weighted by atomic mass is 32.2. The van der Waals surface area contributed by atoms with Gasteiger partial charge >= 0.3 is 5.97 Å². The summed E-state index contributed by atoms with van der Waals surface area (Å²) in [4.78, 5) is 24.0. The molecule has 1 atom stereocenters. The summed E-state index contributed by atoms with van der Waals surface area (Å²) in [7, 11) is -2.14. The molecule has 1 aromatic carbocycles. The highest BCUT2D eigenvalue weighted by molar-refractivity contribution is 7.99. The molecule has 1 rings (SSSR count). The minimum atomic E-state index is -3.72. The zero-order valence-corrected chi connectivity index (χ0v) is 15.7. The van der Waals surface area contributed by atoms with Crippen molar-refractivity contribution in [1.29, 1.82) is 0 Å². The van der Waals surface area contributed by atoms with Crippen molar-refractivity contribution in [2.75, 3.05) is 31.7 Å². The number of sulfonamides is 1. The van der Waals surface area contributed by atoms with Crippen LogP contribution in [0, 0.1) is 5.92 Å². The van der Waals surface area contributed by atoms with Gasteiger partial charge in [-0.15, -0.1) is 11.8 Å². The molecule has 0 spiro atoms. The maximum Gasteiger partial charge on any atom is 0.308 e. The molecule has 0 fully saturated rings. The van der Waals surface area contributed by atoms with E-state index in [0.717, 1.165) is 0 Å². The summed E-state index contributed by atoms with van der Waals surface area (Å²) in [6.45, 7) is 2.07. The highest BCUT2D eigenvalue weighted by Crippen LogP contribution is 2.15. The maximum absolute atomic E-state index is 11.9. The SMILES string of the molecule is CC(CN(C)C(=O)CSCCOc1ccc(S(N)(=O)=O)cc1)C(=O)O. The lowest BCUT2D eigenvalue weighted by molar-refractivity contribution is -0.142. The van der Waals surface area contributed by atoms with E-state index in [4.69, 9.17) is 15.0 Å². The van der Waals surface area contributed by atoms with Gasteiger partial charge in [-0.3, -0.25) is 9.59 Å². The summed E-state index contributed by atoms with van der Waals surface area (Å²) < 4.78 is 27.7. The smallest absolute Gasteiger partial charge is 0.308 e. The molecule has 0 heterocycles. The van der Waals surface area contributed by atoms with Crippen LogP contribution in [-0.2, 0) is 19.6 Å². The third-order valence-corrected chi connectivity index (χ3v) is 5.10. The molecule has 0 aromatic heterocycles. The zero-order chi connectivity index (χ0) is 19.0. The quantitative estimate of drug-likeness (QED) is 0.561. The minimum Gasteiger partial charge on any atom is -0.493 e. The molecule has 0 aliphatic carbocycles. The van der Waals surface area contributed by atoms with E-state index in [1.807, 2.05) is 0 Å². The molecule has 0 aliphatic rings. The standard InChI is InChI=1S/C15H22N2O6S2/c1-11(15(19)20)9-17(2)14(18)10-24-8-7-23-12-3-5-13(6-4-12)25(16,21)22/h3-6,11H,7-10H2,1-2H3,(H,19,20)(H2,16,21,22). The van der Waals surface area contributed by atoms with E-state index in [1.165, 1.54) is 40.9 Å². The number of carbonyl (C=O) groups is 2. The molecule has 25 heavy (non-hydrogen) atoms. The Morgan fingerprint density at radius 1 is 1.32 bits per heavy atom. The van der Waals surface area contributed by atoms with Gasteiger partial charge in [0.05, 0.1) is 23.2 Å². The van der Waals surface area contributed by atoms with E-state index in [0.29, 0.717) is 18.1 Å². The second kappa shape index (κ2) is 9.64. The van der Waals surface area contributed by atoms with Gasteiger partial charge in [-0.05, 0) is 24.3 Å². The summed E-state index contributed by atoms with van der Waals surface area (Å²) in [6, 6.07) is 5.74. The number of thioether (sulfide) groups is 1. The van der Waals surface area contributed by atoms with E-state index < -0.39 is 21.9 Å². The Bertz CT molecular complexity index is 690. The van der Waals surface area contributed by atoms with Gasteiger partial charge in [0.25, 0.3) is 0 Å². The van der Waals surface area contributed by atoms with Gasteiger partial charge in [-0.1, -0.05) is 6.92 Å². The molecule has 0 radical (unpaired) electrons. The Labute approximate surface area is 151 Å². The van der Waals surface area contributed by atoms with Crippen molar-refractivity contribution in [1.82, 2.24) is 4.90 Å². The number of hydrogen-bond acceptors (Lipinski definition) is 6.